The lowest BCUT2D eigenvalue weighted by atomic mass is 9.77. The summed E-state index contributed by atoms with van der Waals surface area (Å²) in [4.78, 5) is 9.56. The van der Waals surface area contributed by atoms with Crippen LogP contribution in [-0.2, 0) is 11.3 Å². The Bertz CT molecular complexity index is 490. The molecule has 0 radical (unpaired) electrons. The zero-order valence-electron chi connectivity index (χ0n) is 13.5. The monoisotopic (exact) mass is 321 g/mol. The molecule has 0 aromatic carbocycles. The molecule has 0 N–H and O–H groups in total. The minimum atomic E-state index is 0.454. The highest BCUT2D eigenvalue weighted by Crippen LogP contribution is 2.44. The summed E-state index contributed by atoms with van der Waals surface area (Å²) >= 11 is 1.78. The molecule has 0 unspecified atom stereocenters. The number of rotatable bonds is 6. The molecule has 2 atom stereocenters. The molecule has 1 aromatic rings. The molecule has 3 fully saturated rings. The normalized spacial score (nSPS) is 33.2. The molecule has 1 spiro atoms. The SMILES string of the molecule is CN1C[C@@H](COCC2CC2)[C@]2(CCN(Cc3nccs3)C2)C1. The molecular formula is C17H27N3OS. The molecule has 22 heavy (non-hydrogen) atoms. The van der Waals surface area contributed by atoms with Gasteiger partial charge in [0.25, 0.3) is 0 Å². The highest BCUT2D eigenvalue weighted by Gasteiger charge is 2.49. The first-order valence-electron chi connectivity index (χ1n) is 8.60. The van der Waals surface area contributed by atoms with E-state index in [0.29, 0.717) is 11.3 Å². The van der Waals surface area contributed by atoms with Gasteiger partial charge in [-0.05, 0) is 38.8 Å². The fraction of sp³-hybridized carbons (Fsp3) is 0.824. The fourth-order valence-electron chi connectivity index (χ4n) is 4.30. The second-order valence-electron chi connectivity index (χ2n) is 7.62. The zero-order valence-corrected chi connectivity index (χ0v) is 14.4. The van der Waals surface area contributed by atoms with Gasteiger partial charge in [0.2, 0.25) is 0 Å². The van der Waals surface area contributed by atoms with Crippen LogP contribution in [0.15, 0.2) is 11.6 Å². The van der Waals surface area contributed by atoms with Gasteiger partial charge in [-0.1, -0.05) is 0 Å². The minimum absolute atomic E-state index is 0.454. The lowest BCUT2D eigenvalue weighted by Gasteiger charge is -2.30. The van der Waals surface area contributed by atoms with Gasteiger partial charge in [0.1, 0.15) is 5.01 Å². The highest BCUT2D eigenvalue weighted by atomic mass is 32.1. The second kappa shape index (κ2) is 6.19. The van der Waals surface area contributed by atoms with E-state index in [-0.39, 0.29) is 0 Å². The van der Waals surface area contributed by atoms with Crippen LogP contribution in [0.25, 0.3) is 0 Å². The van der Waals surface area contributed by atoms with Gasteiger partial charge in [0, 0.05) is 49.2 Å². The molecule has 5 heteroatoms. The molecule has 3 aliphatic rings. The van der Waals surface area contributed by atoms with E-state index < -0.39 is 0 Å². The number of likely N-dealkylation sites (tertiary alicyclic amines) is 2. The molecule has 0 bridgehead atoms. The van der Waals surface area contributed by atoms with Crippen molar-refractivity contribution < 1.29 is 4.74 Å². The second-order valence-corrected chi connectivity index (χ2v) is 8.60. The summed E-state index contributed by atoms with van der Waals surface area (Å²) in [6, 6.07) is 0. The molecule has 122 valence electrons. The average molecular weight is 321 g/mol. The fourth-order valence-corrected chi connectivity index (χ4v) is 4.95. The first-order valence-corrected chi connectivity index (χ1v) is 9.48. The maximum Gasteiger partial charge on any atom is 0.107 e. The van der Waals surface area contributed by atoms with Crippen molar-refractivity contribution in [2.24, 2.45) is 17.3 Å². The average Bonchev–Trinajstić information content (AvgIpc) is 2.90. The Hall–Kier alpha value is -0.490. The van der Waals surface area contributed by atoms with E-state index in [2.05, 4.69) is 27.2 Å². The molecule has 1 aliphatic carbocycles. The Balaban J connectivity index is 1.35. The smallest absolute Gasteiger partial charge is 0.107 e. The first kappa shape index (κ1) is 15.1. The van der Waals surface area contributed by atoms with Gasteiger partial charge in [-0.2, -0.15) is 0 Å². The number of nitrogens with zero attached hydrogens (tertiary/aromatic N) is 3. The standard InChI is InChI=1S/C17H27N3OS/c1-19-8-15(11-21-10-14-2-3-14)17(12-19)4-6-20(13-17)9-16-18-5-7-22-16/h5,7,14-15H,2-4,6,8-13H2,1H3/t15-,17+/m0/s1. The van der Waals surface area contributed by atoms with Crippen molar-refractivity contribution >= 4 is 11.3 Å². The zero-order chi connectivity index (χ0) is 15.0. The predicted octanol–water partition coefficient (Wildman–Crippen LogP) is 2.32. The molecule has 1 aromatic heterocycles. The summed E-state index contributed by atoms with van der Waals surface area (Å²) in [5.41, 5.74) is 0.454. The van der Waals surface area contributed by atoms with Gasteiger partial charge in [-0.25, -0.2) is 4.98 Å². The lowest BCUT2D eigenvalue weighted by molar-refractivity contribution is 0.0556. The number of hydrogen-bond donors (Lipinski definition) is 0. The van der Waals surface area contributed by atoms with Crippen LogP contribution in [-0.4, -0.2) is 61.2 Å². The van der Waals surface area contributed by atoms with Gasteiger partial charge in [0.15, 0.2) is 0 Å². The summed E-state index contributed by atoms with van der Waals surface area (Å²) in [5.74, 6) is 1.58. The largest absolute Gasteiger partial charge is 0.381 e. The maximum absolute atomic E-state index is 6.06. The van der Waals surface area contributed by atoms with Gasteiger partial charge in [0.05, 0.1) is 13.2 Å². The van der Waals surface area contributed by atoms with E-state index >= 15 is 0 Å². The van der Waals surface area contributed by atoms with E-state index in [1.54, 1.807) is 11.3 Å². The van der Waals surface area contributed by atoms with Crippen molar-refractivity contribution in [3.8, 4) is 0 Å². The number of ether oxygens (including phenoxy) is 1. The molecule has 4 rings (SSSR count). The van der Waals surface area contributed by atoms with E-state index in [9.17, 15) is 0 Å². The summed E-state index contributed by atoms with van der Waals surface area (Å²) < 4.78 is 6.06. The third-order valence-electron chi connectivity index (χ3n) is 5.66. The van der Waals surface area contributed by atoms with Crippen LogP contribution >= 0.6 is 11.3 Å². The van der Waals surface area contributed by atoms with Crippen LogP contribution < -0.4 is 0 Å². The summed E-state index contributed by atoms with van der Waals surface area (Å²) in [7, 11) is 2.27. The van der Waals surface area contributed by atoms with Crippen LogP contribution in [0, 0.1) is 17.3 Å². The van der Waals surface area contributed by atoms with Crippen LogP contribution in [0.3, 0.4) is 0 Å². The van der Waals surface area contributed by atoms with Gasteiger partial charge in [-0.15, -0.1) is 11.3 Å². The molecule has 2 saturated heterocycles. The third-order valence-corrected chi connectivity index (χ3v) is 6.42. The number of aromatic nitrogens is 1. The molecule has 1 saturated carbocycles. The van der Waals surface area contributed by atoms with Crippen molar-refractivity contribution in [1.82, 2.24) is 14.8 Å². The van der Waals surface area contributed by atoms with Gasteiger partial charge < -0.3 is 9.64 Å². The third kappa shape index (κ3) is 3.23. The summed E-state index contributed by atoms with van der Waals surface area (Å²) in [5, 5.41) is 3.34. The summed E-state index contributed by atoms with van der Waals surface area (Å²) in [6.07, 6.45) is 6.01. The lowest BCUT2D eigenvalue weighted by Crippen LogP contribution is -2.36. The first-order chi connectivity index (χ1) is 10.7. The van der Waals surface area contributed by atoms with Crippen molar-refractivity contribution in [3.05, 3.63) is 16.6 Å². The van der Waals surface area contributed by atoms with Crippen molar-refractivity contribution in [3.63, 3.8) is 0 Å². The van der Waals surface area contributed by atoms with E-state index in [1.165, 1.54) is 50.4 Å². The minimum Gasteiger partial charge on any atom is -0.381 e. The Morgan fingerprint density at radius 3 is 3.05 bits per heavy atom. The van der Waals surface area contributed by atoms with Gasteiger partial charge in [-0.3, -0.25) is 4.90 Å². The molecule has 3 heterocycles. The molecule has 4 nitrogen and oxygen atoms in total. The highest BCUT2D eigenvalue weighted by molar-refractivity contribution is 7.09. The van der Waals surface area contributed by atoms with Crippen molar-refractivity contribution in [2.45, 2.75) is 25.8 Å². The Kier molecular flexibility index (Phi) is 4.24. The predicted molar refractivity (Wildman–Crippen MR) is 89.0 cm³/mol. The Labute approximate surface area is 137 Å². The molecule has 2 aliphatic heterocycles. The molecule has 0 amide bonds. The van der Waals surface area contributed by atoms with Crippen LogP contribution in [0.5, 0.6) is 0 Å². The maximum atomic E-state index is 6.06. The van der Waals surface area contributed by atoms with Crippen LogP contribution in [0.1, 0.15) is 24.3 Å². The number of thiazole rings is 1. The quantitative estimate of drug-likeness (QED) is 0.804. The van der Waals surface area contributed by atoms with Crippen molar-refractivity contribution in [2.75, 3.05) is 46.4 Å². The van der Waals surface area contributed by atoms with Gasteiger partial charge >= 0.3 is 0 Å². The van der Waals surface area contributed by atoms with Crippen molar-refractivity contribution in [1.29, 1.82) is 0 Å². The Morgan fingerprint density at radius 2 is 2.27 bits per heavy atom. The molecular weight excluding hydrogens is 294 g/mol. The van der Waals surface area contributed by atoms with E-state index in [1.807, 2.05) is 6.20 Å². The van der Waals surface area contributed by atoms with E-state index in [0.717, 1.165) is 25.7 Å². The van der Waals surface area contributed by atoms with Crippen LogP contribution in [0.2, 0.25) is 0 Å². The Morgan fingerprint density at radius 1 is 1.36 bits per heavy atom. The van der Waals surface area contributed by atoms with E-state index in [4.69, 9.17) is 4.74 Å². The van der Waals surface area contributed by atoms with Crippen LogP contribution in [0.4, 0.5) is 0 Å². The number of hydrogen-bond acceptors (Lipinski definition) is 5. The topological polar surface area (TPSA) is 28.6 Å². The summed E-state index contributed by atoms with van der Waals surface area (Å²) in [6.45, 7) is 7.86.